The van der Waals surface area contributed by atoms with Gasteiger partial charge in [0.1, 0.15) is 5.60 Å². The summed E-state index contributed by atoms with van der Waals surface area (Å²) in [4.78, 5) is 18.1. The van der Waals surface area contributed by atoms with Crippen molar-refractivity contribution in [1.29, 1.82) is 0 Å². The van der Waals surface area contributed by atoms with Crippen LogP contribution in [0.2, 0.25) is 5.15 Å². The largest absolute Gasteiger partial charge is 0.444 e. The molecule has 3 heterocycles. The van der Waals surface area contributed by atoms with E-state index in [0.29, 0.717) is 42.4 Å². The monoisotopic (exact) mass is 391 g/mol. The number of aromatic nitrogens is 2. The second-order valence-electron chi connectivity index (χ2n) is 9.09. The van der Waals surface area contributed by atoms with Crippen molar-refractivity contribution in [3.63, 3.8) is 0 Å². The Bertz CT molecular complexity index is 935. The van der Waals surface area contributed by atoms with Crippen molar-refractivity contribution >= 4 is 28.6 Å². The van der Waals surface area contributed by atoms with Crippen molar-refractivity contribution in [2.24, 2.45) is 11.8 Å². The number of pyridine rings is 1. The van der Waals surface area contributed by atoms with Crippen LogP contribution < -0.4 is 0 Å². The summed E-state index contributed by atoms with van der Waals surface area (Å²) in [7, 11) is 0. The molecule has 0 N–H and O–H groups in total. The van der Waals surface area contributed by atoms with Gasteiger partial charge in [0, 0.05) is 36.9 Å². The standard InChI is InChI=1S/C20H23ClFN3O2/c1-20(2,3)27-19(26)24-7-12-13(8-24)15(12)14-9-25(10-4-5-10)17-11(14)6-23-18(21)16(17)22/h6,9-10,12-13,15H,4-5,7-8H2,1-3H3/t12-,13+,15?. The zero-order valence-electron chi connectivity index (χ0n) is 15.7. The maximum Gasteiger partial charge on any atom is 0.410 e. The van der Waals surface area contributed by atoms with Gasteiger partial charge in [-0.15, -0.1) is 0 Å². The summed E-state index contributed by atoms with van der Waals surface area (Å²) >= 11 is 5.93. The molecule has 1 aliphatic heterocycles. The molecule has 27 heavy (non-hydrogen) atoms. The van der Waals surface area contributed by atoms with Crippen LogP contribution in [0.25, 0.3) is 10.9 Å². The fourth-order valence-corrected chi connectivity index (χ4v) is 4.71. The molecule has 0 bridgehead atoms. The van der Waals surface area contributed by atoms with E-state index < -0.39 is 11.4 Å². The SMILES string of the molecule is CC(C)(C)OC(=O)N1C[C@@H]2C(c3cn(C4CC4)c4c(F)c(Cl)ncc34)[C@@H]2C1. The van der Waals surface area contributed by atoms with Crippen LogP contribution in [0.4, 0.5) is 9.18 Å². The van der Waals surface area contributed by atoms with Gasteiger partial charge in [-0.05, 0) is 56.9 Å². The Balaban J connectivity index is 1.40. The van der Waals surface area contributed by atoms with Gasteiger partial charge >= 0.3 is 6.09 Å². The number of carbonyl (C=O) groups excluding carboxylic acids is 1. The first-order valence-corrected chi connectivity index (χ1v) is 9.95. The fourth-order valence-electron chi connectivity index (χ4n) is 4.57. The Labute approximate surface area is 162 Å². The quantitative estimate of drug-likeness (QED) is 0.694. The molecule has 1 saturated heterocycles. The lowest BCUT2D eigenvalue weighted by atomic mass is 10.1. The third-order valence-corrected chi connectivity index (χ3v) is 6.21. The Kier molecular flexibility index (Phi) is 3.58. The van der Waals surface area contributed by atoms with Crippen molar-refractivity contribution in [3.8, 4) is 0 Å². The lowest BCUT2D eigenvalue weighted by Gasteiger charge is -2.25. The Morgan fingerprint density at radius 3 is 2.56 bits per heavy atom. The molecule has 0 spiro atoms. The number of halogens is 2. The van der Waals surface area contributed by atoms with Gasteiger partial charge in [-0.3, -0.25) is 0 Å². The number of fused-ring (bicyclic) bond motifs is 2. The van der Waals surface area contributed by atoms with Gasteiger partial charge in [0.15, 0.2) is 11.0 Å². The molecule has 1 unspecified atom stereocenters. The van der Waals surface area contributed by atoms with Gasteiger partial charge in [0.2, 0.25) is 0 Å². The molecule has 5 rings (SSSR count). The number of carbonyl (C=O) groups is 1. The van der Waals surface area contributed by atoms with Crippen LogP contribution in [0.15, 0.2) is 12.4 Å². The van der Waals surface area contributed by atoms with E-state index in [0.717, 1.165) is 23.8 Å². The zero-order valence-corrected chi connectivity index (χ0v) is 16.5. The van der Waals surface area contributed by atoms with Crippen LogP contribution in [0, 0.1) is 17.7 Å². The summed E-state index contributed by atoms with van der Waals surface area (Å²) in [5.74, 6) is 0.756. The van der Waals surface area contributed by atoms with Gasteiger partial charge in [-0.2, -0.15) is 0 Å². The molecule has 2 saturated carbocycles. The molecule has 2 aromatic heterocycles. The van der Waals surface area contributed by atoms with E-state index in [1.165, 1.54) is 0 Å². The van der Waals surface area contributed by atoms with Gasteiger partial charge in [0.05, 0.1) is 5.52 Å². The molecule has 2 aliphatic carbocycles. The zero-order chi connectivity index (χ0) is 19.1. The molecule has 3 fully saturated rings. The maximum atomic E-state index is 14.7. The molecule has 3 atom stereocenters. The number of piperidine rings is 1. The molecule has 2 aromatic rings. The summed E-state index contributed by atoms with van der Waals surface area (Å²) in [5.41, 5.74) is 1.25. The summed E-state index contributed by atoms with van der Waals surface area (Å²) in [5, 5.41) is 0.799. The minimum absolute atomic E-state index is 0.0684. The first-order chi connectivity index (χ1) is 12.7. The molecule has 0 aromatic carbocycles. The number of nitrogens with zero attached hydrogens (tertiary/aromatic N) is 3. The van der Waals surface area contributed by atoms with Crippen LogP contribution in [0.1, 0.15) is 51.1 Å². The number of hydrogen-bond acceptors (Lipinski definition) is 3. The van der Waals surface area contributed by atoms with Gasteiger partial charge in [0.25, 0.3) is 0 Å². The van der Waals surface area contributed by atoms with E-state index in [1.54, 1.807) is 11.1 Å². The number of amides is 1. The first-order valence-electron chi connectivity index (χ1n) is 9.57. The summed E-state index contributed by atoms with van der Waals surface area (Å²) < 4.78 is 22.2. The third kappa shape index (κ3) is 2.80. The number of ether oxygens (including phenoxy) is 1. The molecule has 144 valence electrons. The van der Waals surface area contributed by atoms with Crippen molar-refractivity contribution in [2.45, 2.75) is 51.2 Å². The molecule has 5 nitrogen and oxygen atoms in total. The molecule has 0 radical (unpaired) electrons. The van der Waals surface area contributed by atoms with E-state index >= 15 is 0 Å². The van der Waals surface area contributed by atoms with Crippen molar-refractivity contribution < 1.29 is 13.9 Å². The van der Waals surface area contributed by atoms with E-state index in [9.17, 15) is 9.18 Å². The average Bonchev–Trinajstić information content (AvgIpc) is 3.46. The topological polar surface area (TPSA) is 47.4 Å². The summed E-state index contributed by atoms with van der Waals surface area (Å²) in [6.45, 7) is 7.03. The van der Waals surface area contributed by atoms with Gasteiger partial charge < -0.3 is 14.2 Å². The van der Waals surface area contributed by atoms with Crippen molar-refractivity contribution in [1.82, 2.24) is 14.5 Å². The van der Waals surface area contributed by atoms with E-state index in [4.69, 9.17) is 16.3 Å². The minimum atomic E-state index is -0.483. The van der Waals surface area contributed by atoms with E-state index in [-0.39, 0.29) is 11.2 Å². The highest BCUT2D eigenvalue weighted by molar-refractivity contribution is 6.30. The predicted octanol–water partition coefficient (Wildman–Crippen LogP) is 4.74. The number of likely N-dealkylation sites (tertiary alicyclic amines) is 1. The van der Waals surface area contributed by atoms with Crippen LogP contribution in [-0.4, -0.2) is 39.2 Å². The summed E-state index contributed by atoms with van der Waals surface area (Å²) in [6.07, 6.45) is 5.71. The highest BCUT2D eigenvalue weighted by atomic mass is 35.5. The Morgan fingerprint density at radius 2 is 1.96 bits per heavy atom. The summed E-state index contributed by atoms with van der Waals surface area (Å²) in [6, 6.07) is 0.367. The first kappa shape index (κ1) is 17.3. The fraction of sp³-hybridized carbons (Fsp3) is 0.600. The predicted molar refractivity (Wildman–Crippen MR) is 101 cm³/mol. The lowest BCUT2D eigenvalue weighted by molar-refractivity contribution is 0.0271. The molecule has 3 aliphatic rings. The van der Waals surface area contributed by atoms with Crippen molar-refractivity contribution in [3.05, 3.63) is 28.9 Å². The molecule has 7 heteroatoms. The van der Waals surface area contributed by atoms with Crippen LogP contribution in [0.5, 0.6) is 0 Å². The number of rotatable bonds is 2. The molecule has 1 amide bonds. The lowest BCUT2D eigenvalue weighted by Crippen LogP contribution is -2.36. The smallest absolute Gasteiger partial charge is 0.410 e. The second-order valence-corrected chi connectivity index (χ2v) is 9.44. The van der Waals surface area contributed by atoms with Crippen LogP contribution in [0.3, 0.4) is 0 Å². The molecular formula is C20H23ClFN3O2. The van der Waals surface area contributed by atoms with E-state index in [1.807, 2.05) is 25.3 Å². The Hall–Kier alpha value is -1.82. The normalized spacial score (nSPS) is 27.1. The molecular weight excluding hydrogens is 369 g/mol. The highest BCUT2D eigenvalue weighted by Gasteiger charge is 2.58. The minimum Gasteiger partial charge on any atom is -0.444 e. The number of hydrogen-bond donors (Lipinski definition) is 0. The highest BCUT2D eigenvalue weighted by Crippen LogP contribution is 2.60. The van der Waals surface area contributed by atoms with Crippen molar-refractivity contribution in [2.75, 3.05) is 13.1 Å². The van der Waals surface area contributed by atoms with Gasteiger partial charge in [-0.1, -0.05) is 11.6 Å². The Morgan fingerprint density at radius 1 is 1.30 bits per heavy atom. The average molecular weight is 392 g/mol. The second kappa shape index (κ2) is 5.60. The third-order valence-electron chi connectivity index (χ3n) is 5.94. The van der Waals surface area contributed by atoms with Crippen LogP contribution >= 0.6 is 11.6 Å². The van der Waals surface area contributed by atoms with Gasteiger partial charge in [-0.25, -0.2) is 14.2 Å². The van der Waals surface area contributed by atoms with Crippen LogP contribution in [-0.2, 0) is 4.74 Å². The van der Waals surface area contributed by atoms with E-state index in [2.05, 4.69) is 11.2 Å². The maximum absolute atomic E-state index is 14.7.